The van der Waals surface area contributed by atoms with E-state index in [-0.39, 0.29) is 5.60 Å². The molecule has 3 saturated heterocycles. The molecule has 3 fully saturated rings. The zero-order valence-electron chi connectivity index (χ0n) is 12.6. The lowest BCUT2D eigenvalue weighted by atomic mass is 9.84. The van der Waals surface area contributed by atoms with Gasteiger partial charge in [-0.15, -0.1) is 0 Å². The fourth-order valence-electron chi connectivity index (χ4n) is 4.35. The van der Waals surface area contributed by atoms with E-state index < -0.39 is 0 Å². The van der Waals surface area contributed by atoms with Crippen molar-refractivity contribution in [2.75, 3.05) is 31.3 Å². The van der Waals surface area contributed by atoms with Gasteiger partial charge in [-0.2, -0.15) is 11.8 Å². The van der Waals surface area contributed by atoms with Crippen molar-refractivity contribution in [2.24, 2.45) is 0 Å². The number of hydrogen-bond acceptors (Lipinski definition) is 4. The molecule has 1 spiro atoms. The minimum Gasteiger partial charge on any atom is -0.396 e. The number of likely N-dealkylation sites (tertiary alicyclic amines) is 1. The Balaban J connectivity index is 1.60. The summed E-state index contributed by atoms with van der Waals surface area (Å²) in [5.41, 5.74) is 0.207. The van der Waals surface area contributed by atoms with Crippen LogP contribution in [-0.2, 0) is 4.74 Å². The van der Waals surface area contributed by atoms with Crippen molar-refractivity contribution in [2.45, 2.75) is 69.1 Å². The lowest BCUT2D eigenvalue weighted by molar-refractivity contribution is -0.112. The maximum Gasteiger partial charge on any atom is 0.0713 e. The molecule has 0 aromatic heterocycles. The van der Waals surface area contributed by atoms with Gasteiger partial charge in [-0.05, 0) is 69.4 Å². The predicted octanol–water partition coefficient (Wildman–Crippen LogP) is 2.67. The molecule has 0 radical (unpaired) electrons. The second-order valence-electron chi connectivity index (χ2n) is 6.69. The number of nitrogens with zero attached hydrogens (tertiary/aromatic N) is 1. The van der Waals surface area contributed by atoms with Crippen molar-refractivity contribution in [1.82, 2.24) is 4.90 Å². The summed E-state index contributed by atoms with van der Waals surface area (Å²) in [4.78, 5) is 2.77. The summed E-state index contributed by atoms with van der Waals surface area (Å²) in [6, 6.07) is 1.46. The Kier molecular flexibility index (Phi) is 5.29. The van der Waals surface area contributed by atoms with Crippen LogP contribution in [0.4, 0.5) is 0 Å². The highest BCUT2D eigenvalue weighted by Gasteiger charge is 2.42. The van der Waals surface area contributed by atoms with Gasteiger partial charge in [-0.3, -0.25) is 4.90 Å². The van der Waals surface area contributed by atoms with Crippen molar-refractivity contribution in [3.05, 3.63) is 0 Å². The lowest BCUT2D eigenvalue weighted by Crippen LogP contribution is -2.51. The molecule has 2 unspecified atom stereocenters. The number of hydrogen-bond donors (Lipinski definition) is 1. The van der Waals surface area contributed by atoms with Crippen LogP contribution < -0.4 is 0 Å². The minimum absolute atomic E-state index is 0.207. The van der Waals surface area contributed by atoms with Gasteiger partial charge in [0.2, 0.25) is 0 Å². The van der Waals surface area contributed by atoms with Crippen molar-refractivity contribution in [3.8, 4) is 0 Å². The van der Waals surface area contributed by atoms with E-state index in [9.17, 15) is 0 Å². The van der Waals surface area contributed by atoms with E-state index in [1.165, 1.54) is 63.0 Å². The van der Waals surface area contributed by atoms with Crippen LogP contribution >= 0.6 is 11.8 Å². The first-order valence-electron chi connectivity index (χ1n) is 8.41. The van der Waals surface area contributed by atoms with E-state index in [0.717, 1.165) is 25.1 Å². The van der Waals surface area contributed by atoms with E-state index >= 15 is 0 Å². The molecule has 3 heterocycles. The molecule has 0 aromatic carbocycles. The molecular weight excluding hydrogens is 270 g/mol. The van der Waals surface area contributed by atoms with E-state index in [0.29, 0.717) is 6.61 Å². The van der Waals surface area contributed by atoms with E-state index in [1.807, 2.05) is 0 Å². The molecule has 0 aromatic rings. The number of ether oxygens (including phenoxy) is 1. The summed E-state index contributed by atoms with van der Waals surface area (Å²) in [7, 11) is 0. The second kappa shape index (κ2) is 6.99. The molecule has 2 atom stereocenters. The Morgan fingerprint density at radius 2 is 2.10 bits per heavy atom. The highest BCUT2D eigenvalue weighted by Crippen LogP contribution is 2.40. The largest absolute Gasteiger partial charge is 0.396 e. The summed E-state index contributed by atoms with van der Waals surface area (Å²) in [6.45, 7) is 2.57. The number of thioether (sulfide) groups is 1. The Bertz CT molecular complexity index is 301. The molecule has 0 bridgehead atoms. The molecule has 1 N–H and O–H groups in total. The van der Waals surface area contributed by atoms with Crippen LogP contribution in [-0.4, -0.2) is 59.0 Å². The third-order valence-corrected chi connectivity index (χ3v) is 6.44. The van der Waals surface area contributed by atoms with Crippen molar-refractivity contribution < 1.29 is 9.84 Å². The van der Waals surface area contributed by atoms with Crippen LogP contribution in [0.15, 0.2) is 0 Å². The predicted molar refractivity (Wildman–Crippen MR) is 84.3 cm³/mol. The molecule has 20 heavy (non-hydrogen) atoms. The zero-order chi connectivity index (χ0) is 13.8. The Morgan fingerprint density at radius 1 is 1.25 bits per heavy atom. The van der Waals surface area contributed by atoms with Crippen molar-refractivity contribution in [1.29, 1.82) is 0 Å². The highest BCUT2D eigenvalue weighted by atomic mass is 32.2. The van der Waals surface area contributed by atoms with Gasteiger partial charge in [0.15, 0.2) is 0 Å². The normalized spacial score (nSPS) is 34.6. The molecule has 0 amide bonds. The molecule has 0 saturated carbocycles. The zero-order valence-corrected chi connectivity index (χ0v) is 13.4. The van der Waals surface area contributed by atoms with Crippen molar-refractivity contribution in [3.63, 3.8) is 0 Å². The Hall–Kier alpha value is 0.230. The third kappa shape index (κ3) is 3.34. The molecular formula is C16H29NO2S. The first-order chi connectivity index (χ1) is 9.83. The van der Waals surface area contributed by atoms with Crippen LogP contribution in [0.3, 0.4) is 0 Å². The number of aliphatic hydroxyl groups excluding tert-OH is 1. The monoisotopic (exact) mass is 299 g/mol. The van der Waals surface area contributed by atoms with Crippen LogP contribution in [0, 0.1) is 0 Å². The van der Waals surface area contributed by atoms with Crippen molar-refractivity contribution >= 4 is 11.8 Å². The Morgan fingerprint density at radius 3 is 2.90 bits per heavy atom. The third-order valence-electron chi connectivity index (χ3n) is 5.46. The van der Waals surface area contributed by atoms with Gasteiger partial charge < -0.3 is 9.84 Å². The first-order valence-corrected chi connectivity index (χ1v) is 9.57. The molecule has 116 valence electrons. The summed E-state index contributed by atoms with van der Waals surface area (Å²) < 4.78 is 6.23. The topological polar surface area (TPSA) is 32.7 Å². The maximum absolute atomic E-state index is 9.08. The average Bonchev–Trinajstić information content (AvgIpc) is 2.94. The lowest BCUT2D eigenvalue weighted by Gasteiger charge is -2.47. The fraction of sp³-hybridized carbons (Fsp3) is 1.00. The van der Waals surface area contributed by atoms with Gasteiger partial charge in [-0.25, -0.2) is 0 Å². The molecule has 0 aliphatic carbocycles. The minimum atomic E-state index is 0.207. The second-order valence-corrected chi connectivity index (χ2v) is 7.91. The summed E-state index contributed by atoms with van der Waals surface area (Å²) >= 11 is 2.09. The maximum atomic E-state index is 9.08. The molecule has 3 nitrogen and oxygen atoms in total. The molecule has 3 aliphatic rings. The first kappa shape index (κ1) is 15.1. The smallest absolute Gasteiger partial charge is 0.0713 e. The fourth-order valence-corrected chi connectivity index (χ4v) is 5.59. The summed E-state index contributed by atoms with van der Waals surface area (Å²) in [5.74, 6) is 2.56. The SMILES string of the molecule is OCCCC1CCCN1C1CCOC2(CCSCC2)C1. The average molecular weight is 299 g/mol. The van der Waals surface area contributed by atoms with Crippen LogP contribution in [0.1, 0.15) is 51.4 Å². The number of aliphatic hydroxyl groups is 1. The van der Waals surface area contributed by atoms with E-state index in [1.54, 1.807) is 0 Å². The highest BCUT2D eigenvalue weighted by molar-refractivity contribution is 7.99. The standard InChI is InChI=1S/C16H29NO2S/c18-9-2-4-14-3-1-8-17(14)15-5-10-19-16(13-15)6-11-20-12-7-16/h14-15,18H,1-13H2. The van der Waals surface area contributed by atoms with Gasteiger partial charge in [0, 0.05) is 25.3 Å². The summed E-state index contributed by atoms with van der Waals surface area (Å²) in [5, 5.41) is 9.08. The van der Waals surface area contributed by atoms with E-state index in [4.69, 9.17) is 9.84 Å². The van der Waals surface area contributed by atoms with E-state index in [2.05, 4.69) is 16.7 Å². The van der Waals surface area contributed by atoms with Crippen LogP contribution in [0.5, 0.6) is 0 Å². The van der Waals surface area contributed by atoms with Gasteiger partial charge >= 0.3 is 0 Å². The number of rotatable bonds is 4. The van der Waals surface area contributed by atoms with Gasteiger partial charge in [-0.1, -0.05) is 0 Å². The molecule has 3 aliphatic heterocycles. The Labute approximate surface area is 127 Å². The van der Waals surface area contributed by atoms with Crippen LogP contribution in [0.2, 0.25) is 0 Å². The quantitative estimate of drug-likeness (QED) is 0.865. The molecule has 4 heteroatoms. The van der Waals surface area contributed by atoms with Gasteiger partial charge in [0.1, 0.15) is 0 Å². The van der Waals surface area contributed by atoms with Crippen LogP contribution in [0.25, 0.3) is 0 Å². The van der Waals surface area contributed by atoms with Gasteiger partial charge in [0.25, 0.3) is 0 Å². The summed E-state index contributed by atoms with van der Waals surface area (Å²) in [6.07, 6.45) is 9.79. The van der Waals surface area contributed by atoms with Gasteiger partial charge in [0.05, 0.1) is 5.60 Å². The molecule has 3 rings (SSSR count).